The predicted octanol–water partition coefficient (Wildman–Crippen LogP) is 2.98. The fraction of sp³-hybridized carbons (Fsp3) is 0.400. The Balaban J connectivity index is 0.00000261. The summed E-state index contributed by atoms with van der Waals surface area (Å²) in [5, 5.41) is 5.24. The molecule has 0 aliphatic carbocycles. The van der Waals surface area contributed by atoms with Crippen LogP contribution in [0.25, 0.3) is 0 Å². The molecule has 2 heterocycles. The minimum absolute atomic E-state index is 0. The molecule has 3 rings (SSSR count). The Morgan fingerprint density at radius 1 is 1.26 bits per heavy atom. The molecule has 27 heavy (non-hydrogen) atoms. The minimum Gasteiger partial charge on any atom is -0.332 e. The van der Waals surface area contributed by atoms with Crippen molar-refractivity contribution in [3.63, 3.8) is 0 Å². The van der Waals surface area contributed by atoms with E-state index in [4.69, 9.17) is 0 Å². The molecule has 5 nitrogen and oxygen atoms in total. The standard InChI is InChI=1S/C20H25N3O2S.ClH/c1-3-15-6-8-16(9-7-15)17-13-21-10-11-23(17)19(24)14-22(2)20(25)18-5-4-12-26-18;/h4-9,12,17,21H,3,10-11,13-14H2,1-2H3;1H. The highest BCUT2D eigenvalue weighted by molar-refractivity contribution is 7.12. The highest BCUT2D eigenvalue weighted by atomic mass is 35.5. The Kier molecular flexibility index (Phi) is 7.83. The van der Waals surface area contributed by atoms with Crippen LogP contribution in [0.5, 0.6) is 0 Å². The van der Waals surface area contributed by atoms with E-state index in [1.54, 1.807) is 13.1 Å². The lowest BCUT2D eigenvalue weighted by molar-refractivity contribution is -0.135. The van der Waals surface area contributed by atoms with Gasteiger partial charge in [0.1, 0.15) is 0 Å². The Morgan fingerprint density at radius 2 is 2.00 bits per heavy atom. The predicted molar refractivity (Wildman–Crippen MR) is 112 cm³/mol. The van der Waals surface area contributed by atoms with E-state index in [1.165, 1.54) is 21.8 Å². The first-order valence-electron chi connectivity index (χ1n) is 8.98. The highest BCUT2D eigenvalue weighted by Gasteiger charge is 2.29. The van der Waals surface area contributed by atoms with E-state index in [0.717, 1.165) is 25.1 Å². The molecule has 2 aromatic rings. The van der Waals surface area contributed by atoms with Crippen molar-refractivity contribution < 1.29 is 9.59 Å². The maximum atomic E-state index is 12.9. The molecule has 1 N–H and O–H groups in total. The molecule has 0 bridgehead atoms. The summed E-state index contributed by atoms with van der Waals surface area (Å²) in [5.74, 6) is -0.115. The zero-order valence-corrected chi connectivity index (χ0v) is 17.3. The fourth-order valence-corrected chi connectivity index (χ4v) is 3.95. The van der Waals surface area contributed by atoms with E-state index in [9.17, 15) is 9.59 Å². The second kappa shape index (κ2) is 9.88. The first kappa shape index (κ1) is 21.4. The summed E-state index contributed by atoms with van der Waals surface area (Å²) in [4.78, 5) is 29.4. The van der Waals surface area contributed by atoms with Gasteiger partial charge in [-0.2, -0.15) is 0 Å². The van der Waals surface area contributed by atoms with Gasteiger partial charge in [0, 0.05) is 26.7 Å². The fourth-order valence-electron chi connectivity index (χ4n) is 3.23. The Bertz CT molecular complexity index is 749. The third-order valence-corrected chi connectivity index (χ3v) is 5.65. The largest absolute Gasteiger partial charge is 0.332 e. The zero-order chi connectivity index (χ0) is 18.5. The van der Waals surface area contributed by atoms with Gasteiger partial charge < -0.3 is 15.1 Å². The van der Waals surface area contributed by atoms with Crippen LogP contribution in [0.4, 0.5) is 0 Å². The lowest BCUT2D eigenvalue weighted by atomic mass is 10.0. The number of piperazine rings is 1. The SMILES string of the molecule is CCc1ccc(C2CNCCN2C(=O)CN(C)C(=O)c2cccs2)cc1.Cl. The van der Waals surface area contributed by atoms with Gasteiger partial charge in [0.25, 0.3) is 5.91 Å². The van der Waals surface area contributed by atoms with Crippen LogP contribution in [0, 0.1) is 0 Å². The van der Waals surface area contributed by atoms with E-state index in [-0.39, 0.29) is 36.8 Å². The molecule has 7 heteroatoms. The number of likely N-dealkylation sites (N-methyl/N-ethyl adjacent to an activating group) is 1. The molecular formula is C20H26ClN3O2S. The van der Waals surface area contributed by atoms with Crippen molar-refractivity contribution in [2.24, 2.45) is 0 Å². The number of hydrogen-bond acceptors (Lipinski definition) is 4. The smallest absolute Gasteiger partial charge is 0.264 e. The molecular weight excluding hydrogens is 382 g/mol. The molecule has 146 valence electrons. The van der Waals surface area contributed by atoms with Gasteiger partial charge in [-0.05, 0) is 29.0 Å². The highest BCUT2D eigenvalue weighted by Crippen LogP contribution is 2.23. The number of nitrogens with zero attached hydrogens (tertiary/aromatic N) is 2. The Hall–Kier alpha value is -1.89. The molecule has 1 unspecified atom stereocenters. The van der Waals surface area contributed by atoms with Crippen LogP contribution in [0.1, 0.15) is 33.8 Å². The van der Waals surface area contributed by atoms with Gasteiger partial charge in [0.05, 0.1) is 17.5 Å². The van der Waals surface area contributed by atoms with Crippen LogP contribution >= 0.6 is 23.7 Å². The van der Waals surface area contributed by atoms with Gasteiger partial charge in [-0.15, -0.1) is 23.7 Å². The maximum absolute atomic E-state index is 12.9. The van der Waals surface area contributed by atoms with Crippen molar-refractivity contribution in [1.82, 2.24) is 15.1 Å². The summed E-state index contributed by atoms with van der Waals surface area (Å²) >= 11 is 1.40. The quantitative estimate of drug-likeness (QED) is 0.828. The molecule has 1 aliphatic heterocycles. The topological polar surface area (TPSA) is 52.7 Å². The Labute approximate surface area is 170 Å². The zero-order valence-electron chi connectivity index (χ0n) is 15.7. The van der Waals surface area contributed by atoms with Gasteiger partial charge in [-0.1, -0.05) is 37.3 Å². The third kappa shape index (κ3) is 5.09. The summed E-state index contributed by atoms with van der Waals surface area (Å²) in [7, 11) is 1.69. The average molecular weight is 408 g/mol. The second-order valence-corrected chi connectivity index (χ2v) is 7.49. The van der Waals surface area contributed by atoms with Crippen LogP contribution in [-0.4, -0.2) is 54.8 Å². The minimum atomic E-state index is -0.104. The van der Waals surface area contributed by atoms with Gasteiger partial charge in [0.2, 0.25) is 5.91 Å². The number of carbonyl (C=O) groups excluding carboxylic acids is 2. The van der Waals surface area contributed by atoms with E-state index in [0.29, 0.717) is 11.4 Å². The number of hydrogen-bond donors (Lipinski definition) is 1. The molecule has 1 aliphatic rings. The third-order valence-electron chi connectivity index (χ3n) is 4.79. The van der Waals surface area contributed by atoms with Crippen LogP contribution < -0.4 is 5.32 Å². The molecule has 1 aromatic carbocycles. The second-order valence-electron chi connectivity index (χ2n) is 6.54. The summed E-state index contributed by atoms with van der Waals surface area (Å²) in [6.07, 6.45) is 1.00. The molecule has 1 atom stereocenters. The number of benzene rings is 1. The molecule has 1 fully saturated rings. The van der Waals surface area contributed by atoms with Crippen molar-refractivity contribution in [1.29, 1.82) is 0 Å². The van der Waals surface area contributed by atoms with E-state index in [1.807, 2.05) is 16.3 Å². The lowest BCUT2D eigenvalue weighted by Crippen LogP contribution is -2.51. The van der Waals surface area contributed by atoms with Gasteiger partial charge in [0.15, 0.2) is 0 Å². The normalized spacial score (nSPS) is 16.5. The van der Waals surface area contributed by atoms with Gasteiger partial charge in [-0.3, -0.25) is 9.59 Å². The summed E-state index contributed by atoms with van der Waals surface area (Å²) in [6, 6.07) is 12.1. The van der Waals surface area contributed by atoms with Crippen LogP contribution in [0.15, 0.2) is 41.8 Å². The number of rotatable bonds is 5. The van der Waals surface area contributed by atoms with Gasteiger partial charge >= 0.3 is 0 Å². The number of thiophene rings is 1. The first-order chi connectivity index (χ1) is 12.6. The first-order valence-corrected chi connectivity index (χ1v) is 9.86. The number of halogens is 1. The summed E-state index contributed by atoms with van der Waals surface area (Å²) < 4.78 is 0. The van der Waals surface area contributed by atoms with Crippen molar-refractivity contribution in [2.45, 2.75) is 19.4 Å². The maximum Gasteiger partial charge on any atom is 0.264 e. The summed E-state index contributed by atoms with van der Waals surface area (Å²) in [5.41, 5.74) is 2.42. The number of nitrogens with one attached hydrogen (secondary N) is 1. The number of aryl methyl sites for hydroxylation is 1. The molecule has 0 radical (unpaired) electrons. The van der Waals surface area contributed by atoms with Crippen LogP contribution in [-0.2, 0) is 11.2 Å². The van der Waals surface area contributed by atoms with Crippen molar-refractivity contribution >= 4 is 35.6 Å². The Morgan fingerprint density at radius 3 is 2.63 bits per heavy atom. The molecule has 1 aromatic heterocycles. The summed E-state index contributed by atoms with van der Waals surface area (Å²) in [6.45, 7) is 4.39. The van der Waals surface area contributed by atoms with Crippen molar-refractivity contribution in [3.05, 3.63) is 57.8 Å². The van der Waals surface area contributed by atoms with Crippen LogP contribution in [0.3, 0.4) is 0 Å². The van der Waals surface area contributed by atoms with Crippen molar-refractivity contribution in [2.75, 3.05) is 33.2 Å². The molecule has 0 spiro atoms. The number of carbonyl (C=O) groups is 2. The molecule has 0 saturated carbocycles. The average Bonchev–Trinajstić information content (AvgIpc) is 3.22. The van der Waals surface area contributed by atoms with Crippen molar-refractivity contribution in [3.8, 4) is 0 Å². The van der Waals surface area contributed by atoms with E-state index in [2.05, 4.69) is 36.5 Å². The van der Waals surface area contributed by atoms with E-state index < -0.39 is 0 Å². The number of amides is 2. The van der Waals surface area contributed by atoms with Gasteiger partial charge in [-0.25, -0.2) is 0 Å². The lowest BCUT2D eigenvalue weighted by Gasteiger charge is -2.37. The molecule has 1 saturated heterocycles. The molecule has 2 amide bonds. The van der Waals surface area contributed by atoms with Crippen LogP contribution in [0.2, 0.25) is 0 Å². The van der Waals surface area contributed by atoms with E-state index >= 15 is 0 Å². The monoisotopic (exact) mass is 407 g/mol.